The van der Waals surface area contributed by atoms with Crippen LogP contribution in [0.1, 0.15) is 39.0 Å². The molecular weight excluding hydrogens is 190 g/mol. The summed E-state index contributed by atoms with van der Waals surface area (Å²) >= 11 is 0. The van der Waals surface area contributed by atoms with Gasteiger partial charge in [0.15, 0.2) is 0 Å². The van der Waals surface area contributed by atoms with Crippen LogP contribution in [0.25, 0.3) is 0 Å². The first-order chi connectivity index (χ1) is 6.02. The topological polar surface area (TPSA) is 80.4 Å². The molecule has 1 atom stereocenters. The van der Waals surface area contributed by atoms with E-state index in [1.54, 1.807) is 0 Å². The highest BCUT2D eigenvalue weighted by Gasteiger charge is 2.21. The number of hydrogen-bond acceptors (Lipinski definition) is 3. The minimum Gasteiger partial charge on any atom is -0.330 e. The molecule has 0 amide bonds. The Balaban J connectivity index is 4.04. The van der Waals surface area contributed by atoms with E-state index in [2.05, 4.69) is 0 Å². The Labute approximate surface area is 80.3 Å². The van der Waals surface area contributed by atoms with Crippen molar-refractivity contribution in [1.29, 1.82) is 0 Å². The van der Waals surface area contributed by atoms with Crippen LogP contribution in [0.2, 0.25) is 0 Å². The highest BCUT2D eigenvalue weighted by atomic mass is 32.2. The van der Waals surface area contributed by atoms with Gasteiger partial charge in [0.1, 0.15) is 0 Å². The van der Waals surface area contributed by atoms with E-state index in [9.17, 15) is 8.42 Å². The van der Waals surface area contributed by atoms with Crippen LogP contribution in [-0.4, -0.2) is 24.8 Å². The lowest BCUT2D eigenvalue weighted by Crippen LogP contribution is -2.21. The van der Waals surface area contributed by atoms with E-state index in [4.69, 9.17) is 10.3 Å². The second kappa shape index (κ2) is 6.34. The predicted octanol–water partition coefficient (Wildman–Crippen LogP) is 1.17. The van der Waals surface area contributed by atoms with Crippen molar-refractivity contribution in [2.75, 3.05) is 6.54 Å². The van der Waals surface area contributed by atoms with Gasteiger partial charge in [0.05, 0.1) is 5.25 Å². The molecule has 5 heteroatoms. The van der Waals surface area contributed by atoms with Gasteiger partial charge in [-0.2, -0.15) is 8.42 Å². The van der Waals surface area contributed by atoms with E-state index < -0.39 is 15.4 Å². The van der Waals surface area contributed by atoms with Gasteiger partial charge in [-0.05, 0) is 25.8 Å². The Bertz CT molecular complexity index is 205. The Morgan fingerprint density at radius 2 is 1.85 bits per heavy atom. The van der Waals surface area contributed by atoms with Gasteiger partial charge in [-0.15, -0.1) is 0 Å². The molecule has 0 saturated heterocycles. The van der Waals surface area contributed by atoms with Crippen LogP contribution in [0.3, 0.4) is 0 Å². The third-order valence-corrected chi connectivity index (χ3v) is 3.34. The molecule has 0 aromatic carbocycles. The average Bonchev–Trinajstić information content (AvgIpc) is 2.02. The summed E-state index contributed by atoms with van der Waals surface area (Å²) in [6.07, 6.45) is 3.42. The predicted molar refractivity (Wildman–Crippen MR) is 53.2 cm³/mol. The maximum absolute atomic E-state index is 10.9. The maximum Gasteiger partial charge on any atom is 0.267 e. The molecule has 0 fully saturated rings. The van der Waals surface area contributed by atoms with Gasteiger partial charge in [0, 0.05) is 0 Å². The van der Waals surface area contributed by atoms with Gasteiger partial charge in [-0.3, -0.25) is 4.55 Å². The lowest BCUT2D eigenvalue weighted by Gasteiger charge is -2.12. The quantitative estimate of drug-likeness (QED) is 0.617. The molecule has 13 heavy (non-hydrogen) atoms. The van der Waals surface area contributed by atoms with Crippen LogP contribution in [0.15, 0.2) is 0 Å². The van der Waals surface area contributed by atoms with E-state index in [1.807, 2.05) is 6.92 Å². The van der Waals surface area contributed by atoms with Crippen molar-refractivity contribution in [3.05, 3.63) is 0 Å². The van der Waals surface area contributed by atoms with Gasteiger partial charge in [0.2, 0.25) is 0 Å². The number of hydrogen-bond donors (Lipinski definition) is 2. The zero-order valence-corrected chi connectivity index (χ0v) is 8.89. The summed E-state index contributed by atoms with van der Waals surface area (Å²) in [6.45, 7) is 2.46. The Kier molecular flexibility index (Phi) is 6.28. The van der Waals surface area contributed by atoms with Gasteiger partial charge >= 0.3 is 0 Å². The minimum absolute atomic E-state index is 0.468. The molecule has 3 N–H and O–H groups in total. The third-order valence-electron chi connectivity index (χ3n) is 2.03. The summed E-state index contributed by atoms with van der Waals surface area (Å²) in [4.78, 5) is 0. The first-order valence-electron chi connectivity index (χ1n) is 4.68. The maximum atomic E-state index is 10.9. The molecule has 0 heterocycles. The molecule has 0 aliphatic carbocycles. The van der Waals surface area contributed by atoms with E-state index in [0.29, 0.717) is 25.8 Å². The minimum atomic E-state index is -3.86. The van der Waals surface area contributed by atoms with Crippen molar-refractivity contribution >= 4 is 10.1 Å². The van der Waals surface area contributed by atoms with Crippen molar-refractivity contribution in [1.82, 2.24) is 0 Å². The molecule has 1 unspecified atom stereocenters. The summed E-state index contributed by atoms with van der Waals surface area (Å²) in [5.41, 5.74) is 5.27. The average molecular weight is 209 g/mol. The van der Waals surface area contributed by atoms with E-state index >= 15 is 0 Å². The zero-order valence-electron chi connectivity index (χ0n) is 8.07. The lowest BCUT2D eigenvalue weighted by molar-refractivity contribution is 0.450. The monoisotopic (exact) mass is 209 g/mol. The summed E-state index contributed by atoms with van der Waals surface area (Å²) in [5, 5.41) is -0.615. The molecule has 0 aliphatic heterocycles. The summed E-state index contributed by atoms with van der Waals surface area (Å²) in [7, 11) is -3.86. The van der Waals surface area contributed by atoms with Crippen LogP contribution >= 0.6 is 0 Å². The fourth-order valence-corrected chi connectivity index (χ4v) is 2.15. The van der Waals surface area contributed by atoms with Crippen LogP contribution in [-0.2, 0) is 10.1 Å². The summed E-state index contributed by atoms with van der Waals surface area (Å²) < 4.78 is 30.6. The van der Waals surface area contributed by atoms with Crippen molar-refractivity contribution in [2.45, 2.75) is 44.3 Å². The van der Waals surface area contributed by atoms with E-state index in [0.717, 1.165) is 12.8 Å². The molecule has 0 aromatic heterocycles. The summed E-state index contributed by atoms with van der Waals surface area (Å²) in [5.74, 6) is 0. The van der Waals surface area contributed by atoms with E-state index in [1.165, 1.54) is 0 Å². The molecule has 0 radical (unpaired) electrons. The molecule has 4 nitrogen and oxygen atoms in total. The summed E-state index contributed by atoms with van der Waals surface area (Å²) in [6, 6.07) is 0. The molecule has 0 bridgehead atoms. The lowest BCUT2D eigenvalue weighted by atomic mass is 10.1. The highest BCUT2D eigenvalue weighted by Crippen LogP contribution is 2.14. The molecule has 0 rings (SSSR count). The number of rotatable bonds is 7. The first-order valence-corrected chi connectivity index (χ1v) is 6.19. The zero-order chi connectivity index (χ0) is 10.3. The van der Waals surface area contributed by atoms with Crippen LogP contribution < -0.4 is 5.73 Å². The largest absolute Gasteiger partial charge is 0.330 e. The van der Waals surface area contributed by atoms with Crippen LogP contribution in [0, 0.1) is 0 Å². The van der Waals surface area contributed by atoms with Gasteiger partial charge in [-0.1, -0.05) is 19.8 Å². The van der Waals surface area contributed by atoms with Crippen molar-refractivity contribution < 1.29 is 13.0 Å². The fourth-order valence-electron chi connectivity index (χ4n) is 1.22. The Morgan fingerprint density at radius 1 is 1.31 bits per heavy atom. The Hall–Kier alpha value is -0.130. The third kappa shape index (κ3) is 6.01. The first kappa shape index (κ1) is 12.9. The smallest absolute Gasteiger partial charge is 0.267 e. The van der Waals surface area contributed by atoms with Gasteiger partial charge in [-0.25, -0.2) is 0 Å². The second-order valence-corrected chi connectivity index (χ2v) is 4.91. The Morgan fingerprint density at radius 3 is 2.23 bits per heavy atom. The highest BCUT2D eigenvalue weighted by molar-refractivity contribution is 7.86. The number of nitrogens with two attached hydrogens (primary N) is 1. The van der Waals surface area contributed by atoms with Crippen molar-refractivity contribution in [3.8, 4) is 0 Å². The number of unbranched alkanes of at least 4 members (excludes halogenated alkanes) is 1. The molecular formula is C8H19NO3S. The van der Waals surface area contributed by atoms with E-state index in [-0.39, 0.29) is 0 Å². The van der Waals surface area contributed by atoms with Crippen molar-refractivity contribution in [2.24, 2.45) is 5.73 Å². The fraction of sp³-hybridized carbons (Fsp3) is 1.00. The molecule has 0 aliphatic rings. The van der Waals surface area contributed by atoms with Crippen LogP contribution in [0.5, 0.6) is 0 Å². The van der Waals surface area contributed by atoms with Gasteiger partial charge < -0.3 is 5.73 Å². The molecule has 0 saturated carbocycles. The standard InChI is InChI=1S/C8H19NO3S/c1-2-3-5-8(6-4-7-9)13(10,11)12/h8H,2-7,9H2,1H3,(H,10,11,12). The molecule has 0 aromatic rings. The van der Waals surface area contributed by atoms with Crippen LogP contribution in [0.4, 0.5) is 0 Å². The SMILES string of the molecule is CCCCC(CCCN)S(=O)(=O)O. The normalized spacial score (nSPS) is 14.4. The van der Waals surface area contributed by atoms with Crippen molar-refractivity contribution in [3.63, 3.8) is 0 Å². The van der Waals surface area contributed by atoms with Gasteiger partial charge in [0.25, 0.3) is 10.1 Å². The second-order valence-electron chi connectivity index (χ2n) is 3.21. The molecule has 80 valence electrons. The molecule has 0 spiro atoms.